The van der Waals surface area contributed by atoms with Crippen molar-refractivity contribution in [1.82, 2.24) is 10.6 Å². The minimum absolute atomic E-state index is 0. The van der Waals surface area contributed by atoms with E-state index in [4.69, 9.17) is 0 Å². The summed E-state index contributed by atoms with van der Waals surface area (Å²) in [4.78, 5) is 4.92. The molecule has 3 N–H and O–H groups in total. The van der Waals surface area contributed by atoms with E-state index in [1.165, 1.54) is 0 Å². The molecule has 2 rings (SSSR count). The highest BCUT2D eigenvalue weighted by atomic mass is 127. The molecule has 0 fully saturated rings. The number of thiophene rings is 1. The highest BCUT2D eigenvalue weighted by Crippen LogP contribution is 2.29. The van der Waals surface area contributed by atoms with E-state index < -0.39 is 15.9 Å². The van der Waals surface area contributed by atoms with Crippen molar-refractivity contribution in [3.05, 3.63) is 35.2 Å². The van der Waals surface area contributed by atoms with Crippen LogP contribution in [0.1, 0.15) is 17.9 Å². The number of nitrogens with zero attached hydrogens (tertiary/aromatic N) is 1. The number of hydrogen-bond acceptors (Lipinski definition) is 5. The first-order valence-corrected chi connectivity index (χ1v) is 10.4. The Morgan fingerprint density at radius 1 is 1.32 bits per heavy atom. The summed E-state index contributed by atoms with van der Waals surface area (Å²) >= 11 is 1.56. The second-order valence-electron chi connectivity index (χ2n) is 5.32. The first-order valence-electron chi connectivity index (χ1n) is 7.76. The van der Waals surface area contributed by atoms with Gasteiger partial charge in [0.2, 0.25) is 0 Å². The summed E-state index contributed by atoms with van der Waals surface area (Å²) < 4.78 is 24.1. The average molecular weight is 497 g/mol. The molecule has 25 heavy (non-hydrogen) atoms. The van der Waals surface area contributed by atoms with Gasteiger partial charge in [0.1, 0.15) is 6.10 Å². The number of aliphatic imine (C=N–C) groups is 1. The lowest BCUT2D eigenvalue weighted by Gasteiger charge is -2.14. The van der Waals surface area contributed by atoms with Crippen molar-refractivity contribution in [3.8, 4) is 0 Å². The molecule has 0 saturated carbocycles. The van der Waals surface area contributed by atoms with Gasteiger partial charge in [-0.05, 0) is 17.5 Å². The fourth-order valence-corrected chi connectivity index (χ4v) is 3.90. The number of rotatable bonds is 7. The van der Waals surface area contributed by atoms with E-state index >= 15 is 0 Å². The standard InChI is InChI=1S/C16H23N3O3S2.HI/c1-3-24(21,22)9-8-18-16(17-2)19-11-13(20)15-10-12-6-4-5-7-14(12)23-15;/h4-7,10,13,20H,3,8-9,11H2,1-2H3,(H2,17,18,19);1H. The smallest absolute Gasteiger partial charge is 0.191 e. The number of nitrogens with one attached hydrogen (secondary N) is 2. The highest BCUT2D eigenvalue weighted by Gasteiger charge is 2.12. The van der Waals surface area contributed by atoms with Crippen LogP contribution in [0.2, 0.25) is 0 Å². The van der Waals surface area contributed by atoms with Crippen molar-refractivity contribution in [2.45, 2.75) is 13.0 Å². The summed E-state index contributed by atoms with van der Waals surface area (Å²) in [6, 6.07) is 9.97. The van der Waals surface area contributed by atoms with E-state index in [9.17, 15) is 13.5 Å². The Kier molecular flexibility index (Phi) is 9.11. The molecule has 1 aromatic carbocycles. The van der Waals surface area contributed by atoms with Crippen LogP contribution in [0.3, 0.4) is 0 Å². The third-order valence-electron chi connectivity index (χ3n) is 3.60. The van der Waals surface area contributed by atoms with Crippen LogP contribution >= 0.6 is 35.3 Å². The van der Waals surface area contributed by atoms with E-state index in [1.54, 1.807) is 25.3 Å². The second-order valence-corrected chi connectivity index (χ2v) is 8.91. The van der Waals surface area contributed by atoms with Gasteiger partial charge >= 0.3 is 0 Å². The predicted octanol–water partition coefficient (Wildman–Crippen LogP) is 2.15. The fourth-order valence-electron chi connectivity index (χ4n) is 2.15. The lowest BCUT2D eigenvalue weighted by Crippen LogP contribution is -2.41. The second kappa shape index (κ2) is 10.3. The maximum atomic E-state index is 11.5. The molecule has 0 aliphatic carbocycles. The summed E-state index contributed by atoms with van der Waals surface area (Å²) in [7, 11) is -1.40. The number of aliphatic hydroxyl groups is 1. The van der Waals surface area contributed by atoms with Crippen LogP contribution in [0.25, 0.3) is 10.1 Å². The largest absolute Gasteiger partial charge is 0.386 e. The number of sulfone groups is 1. The first-order chi connectivity index (χ1) is 11.4. The van der Waals surface area contributed by atoms with E-state index in [2.05, 4.69) is 15.6 Å². The molecule has 0 aliphatic rings. The predicted molar refractivity (Wildman–Crippen MR) is 116 cm³/mol. The summed E-state index contributed by atoms with van der Waals surface area (Å²) in [5, 5.41) is 17.4. The van der Waals surface area contributed by atoms with Gasteiger partial charge in [0.25, 0.3) is 0 Å². The zero-order chi connectivity index (χ0) is 17.6. The van der Waals surface area contributed by atoms with E-state index in [-0.39, 0.29) is 42.0 Å². The van der Waals surface area contributed by atoms with E-state index in [0.29, 0.717) is 12.5 Å². The molecule has 9 heteroatoms. The summed E-state index contributed by atoms with van der Waals surface area (Å²) in [5.41, 5.74) is 0. The SMILES string of the molecule is CCS(=O)(=O)CCNC(=NC)NCC(O)c1cc2ccccc2s1.I. The van der Waals surface area contributed by atoms with Gasteiger partial charge in [0, 0.05) is 35.5 Å². The molecular formula is C16H24IN3O3S2. The molecule has 0 radical (unpaired) electrons. The number of hydrogen-bond donors (Lipinski definition) is 3. The normalized spacial score (nSPS) is 13.3. The fraction of sp³-hybridized carbons (Fsp3) is 0.438. The van der Waals surface area contributed by atoms with E-state index in [0.717, 1.165) is 15.0 Å². The van der Waals surface area contributed by atoms with Gasteiger partial charge in [-0.25, -0.2) is 8.42 Å². The Bertz CT molecular complexity index is 773. The van der Waals surface area contributed by atoms with Crippen LogP contribution < -0.4 is 10.6 Å². The molecule has 1 heterocycles. The van der Waals surface area contributed by atoms with Crippen molar-refractivity contribution < 1.29 is 13.5 Å². The molecule has 1 atom stereocenters. The molecular weight excluding hydrogens is 473 g/mol. The third kappa shape index (κ3) is 6.72. The maximum absolute atomic E-state index is 11.5. The zero-order valence-electron chi connectivity index (χ0n) is 14.2. The highest BCUT2D eigenvalue weighted by molar-refractivity contribution is 14.0. The Balaban J connectivity index is 0.00000312. The molecule has 0 spiro atoms. The molecule has 140 valence electrons. The van der Waals surface area contributed by atoms with Gasteiger partial charge in [-0.15, -0.1) is 35.3 Å². The van der Waals surface area contributed by atoms with Gasteiger partial charge in [-0.3, -0.25) is 4.99 Å². The van der Waals surface area contributed by atoms with Crippen molar-refractivity contribution >= 4 is 61.2 Å². The van der Waals surface area contributed by atoms with Crippen LogP contribution in [0, 0.1) is 0 Å². The average Bonchev–Trinajstić information content (AvgIpc) is 3.01. The molecule has 1 aromatic heterocycles. The summed E-state index contributed by atoms with van der Waals surface area (Å²) in [5.74, 6) is 0.662. The topological polar surface area (TPSA) is 90.8 Å². The Hall–Kier alpha value is -0.910. The minimum atomic E-state index is -3.01. The Morgan fingerprint density at radius 3 is 2.68 bits per heavy atom. The zero-order valence-corrected chi connectivity index (χ0v) is 18.2. The summed E-state index contributed by atoms with van der Waals surface area (Å²) in [6.45, 7) is 2.21. The molecule has 0 aliphatic heterocycles. The van der Waals surface area contributed by atoms with Gasteiger partial charge in [0.05, 0.1) is 5.75 Å². The van der Waals surface area contributed by atoms with Gasteiger partial charge in [-0.2, -0.15) is 0 Å². The van der Waals surface area contributed by atoms with Gasteiger partial charge in [0.15, 0.2) is 15.8 Å². The van der Waals surface area contributed by atoms with Crippen molar-refractivity contribution in [1.29, 1.82) is 0 Å². The van der Waals surface area contributed by atoms with Crippen LogP contribution in [-0.2, 0) is 9.84 Å². The van der Waals surface area contributed by atoms with Gasteiger partial charge < -0.3 is 15.7 Å². The maximum Gasteiger partial charge on any atom is 0.191 e. The summed E-state index contributed by atoms with van der Waals surface area (Å²) in [6.07, 6.45) is -0.652. The third-order valence-corrected chi connectivity index (χ3v) is 6.53. The van der Waals surface area contributed by atoms with Crippen molar-refractivity contribution in [2.24, 2.45) is 4.99 Å². The number of aliphatic hydroxyl groups excluding tert-OH is 1. The van der Waals surface area contributed by atoms with Gasteiger partial charge in [-0.1, -0.05) is 25.1 Å². The molecule has 1 unspecified atom stereocenters. The van der Waals surface area contributed by atoms with Crippen LogP contribution in [0.15, 0.2) is 35.3 Å². The number of benzene rings is 1. The molecule has 6 nitrogen and oxygen atoms in total. The Morgan fingerprint density at radius 2 is 2.04 bits per heavy atom. The van der Waals surface area contributed by atoms with Crippen molar-refractivity contribution in [3.63, 3.8) is 0 Å². The minimum Gasteiger partial charge on any atom is -0.386 e. The number of fused-ring (bicyclic) bond motifs is 1. The van der Waals surface area contributed by atoms with Crippen LogP contribution in [-0.4, -0.2) is 51.1 Å². The quantitative estimate of drug-likeness (QED) is 0.310. The first kappa shape index (κ1) is 22.1. The molecule has 2 aromatic rings. The molecule has 0 saturated heterocycles. The molecule has 0 bridgehead atoms. The lowest BCUT2D eigenvalue weighted by molar-refractivity contribution is 0.184. The number of guanidine groups is 1. The molecule has 0 amide bonds. The lowest BCUT2D eigenvalue weighted by atomic mass is 10.2. The monoisotopic (exact) mass is 497 g/mol. The number of halogens is 1. The van der Waals surface area contributed by atoms with Crippen LogP contribution in [0.4, 0.5) is 0 Å². The van der Waals surface area contributed by atoms with Crippen molar-refractivity contribution in [2.75, 3.05) is 31.6 Å². The van der Waals surface area contributed by atoms with Crippen LogP contribution in [0.5, 0.6) is 0 Å². The van der Waals surface area contributed by atoms with E-state index in [1.807, 2.05) is 30.3 Å². The Labute approximate surface area is 169 Å².